The molecule has 0 spiro atoms. The Morgan fingerprint density at radius 1 is 1.21 bits per heavy atom. The van der Waals surface area contributed by atoms with Gasteiger partial charge in [-0.15, -0.1) is 11.6 Å². The molecular formula is C11H11ClO2. The van der Waals surface area contributed by atoms with Crippen LogP contribution in [0.2, 0.25) is 0 Å². The first-order valence-corrected chi connectivity index (χ1v) is 4.62. The van der Waals surface area contributed by atoms with E-state index in [-0.39, 0.29) is 0 Å². The van der Waals surface area contributed by atoms with Crippen molar-refractivity contribution in [1.29, 1.82) is 0 Å². The fourth-order valence-electron chi connectivity index (χ4n) is 1.05. The molecule has 0 unspecified atom stereocenters. The van der Waals surface area contributed by atoms with E-state index in [9.17, 15) is 0 Å². The van der Waals surface area contributed by atoms with Gasteiger partial charge < -0.3 is 9.47 Å². The van der Waals surface area contributed by atoms with Gasteiger partial charge in [-0.1, -0.05) is 11.8 Å². The molecule has 0 heterocycles. The summed E-state index contributed by atoms with van der Waals surface area (Å²) >= 11 is 5.45. The normalized spacial score (nSPS) is 8.79. The lowest BCUT2D eigenvalue weighted by atomic mass is 10.2. The van der Waals surface area contributed by atoms with Crippen molar-refractivity contribution in [3.63, 3.8) is 0 Å². The highest BCUT2D eigenvalue weighted by atomic mass is 35.5. The highest BCUT2D eigenvalue weighted by Gasteiger charge is 2.02. The maximum absolute atomic E-state index is 5.45. The van der Waals surface area contributed by atoms with E-state index in [1.807, 2.05) is 18.2 Å². The van der Waals surface area contributed by atoms with Crippen LogP contribution in [0.4, 0.5) is 0 Å². The van der Waals surface area contributed by atoms with Gasteiger partial charge in [0, 0.05) is 5.56 Å². The highest BCUT2D eigenvalue weighted by molar-refractivity contribution is 6.19. The van der Waals surface area contributed by atoms with E-state index < -0.39 is 0 Å². The van der Waals surface area contributed by atoms with Crippen LogP contribution in [-0.2, 0) is 0 Å². The summed E-state index contributed by atoms with van der Waals surface area (Å²) < 4.78 is 10.2. The second-order valence-corrected chi connectivity index (χ2v) is 2.77. The van der Waals surface area contributed by atoms with Crippen LogP contribution in [0.25, 0.3) is 0 Å². The van der Waals surface area contributed by atoms with Crippen molar-refractivity contribution >= 4 is 11.6 Å². The zero-order chi connectivity index (χ0) is 10.4. The lowest BCUT2D eigenvalue weighted by Crippen LogP contribution is -1.90. The molecule has 1 aromatic carbocycles. The van der Waals surface area contributed by atoms with E-state index in [0.29, 0.717) is 17.4 Å². The van der Waals surface area contributed by atoms with Crippen LogP contribution in [0, 0.1) is 11.8 Å². The van der Waals surface area contributed by atoms with Crippen LogP contribution in [0.3, 0.4) is 0 Å². The second-order valence-electron chi connectivity index (χ2n) is 2.51. The minimum absolute atomic E-state index is 0.328. The Balaban J connectivity index is 3.01. The number of methoxy groups -OCH3 is 2. The van der Waals surface area contributed by atoms with E-state index in [1.165, 1.54) is 0 Å². The average Bonchev–Trinajstić information content (AvgIpc) is 2.25. The lowest BCUT2D eigenvalue weighted by Gasteiger charge is -2.06. The zero-order valence-electron chi connectivity index (χ0n) is 8.13. The number of hydrogen-bond donors (Lipinski definition) is 0. The van der Waals surface area contributed by atoms with Crippen molar-refractivity contribution in [2.45, 2.75) is 0 Å². The topological polar surface area (TPSA) is 18.5 Å². The number of hydrogen-bond acceptors (Lipinski definition) is 2. The second kappa shape index (κ2) is 5.41. The van der Waals surface area contributed by atoms with Crippen molar-refractivity contribution < 1.29 is 9.47 Å². The Morgan fingerprint density at radius 3 is 2.50 bits per heavy atom. The molecule has 0 saturated carbocycles. The minimum atomic E-state index is 0.328. The minimum Gasteiger partial charge on any atom is -0.493 e. The van der Waals surface area contributed by atoms with Gasteiger partial charge >= 0.3 is 0 Å². The van der Waals surface area contributed by atoms with Crippen LogP contribution >= 0.6 is 11.6 Å². The zero-order valence-corrected chi connectivity index (χ0v) is 8.89. The van der Waals surface area contributed by atoms with E-state index >= 15 is 0 Å². The molecule has 0 saturated heterocycles. The first-order chi connectivity index (χ1) is 6.81. The van der Waals surface area contributed by atoms with Crippen molar-refractivity contribution in [1.82, 2.24) is 0 Å². The van der Waals surface area contributed by atoms with Gasteiger partial charge in [0.25, 0.3) is 0 Å². The first kappa shape index (κ1) is 10.7. The summed E-state index contributed by atoms with van der Waals surface area (Å²) in [6.07, 6.45) is 0. The molecule has 0 aliphatic carbocycles. The third kappa shape index (κ3) is 2.58. The van der Waals surface area contributed by atoms with E-state index in [2.05, 4.69) is 11.8 Å². The number of alkyl halides is 1. The van der Waals surface area contributed by atoms with Gasteiger partial charge in [0.1, 0.15) is 0 Å². The maximum Gasteiger partial charge on any atom is 0.161 e. The van der Waals surface area contributed by atoms with Crippen LogP contribution in [0.15, 0.2) is 18.2 Å². The largest absolute Gasteiger partial charge is 0.493 e. The summed E-state index contributed by atoms with van der Waals surface area (Å²) in [5.41, 5.74) is 0.864. The van der Waals surface area contributed by atoms with Gasteiger partial charge in [-0.05, 0) is 18.2 Å². The summed E-state index contributed by atoms with van der Waals surface area (Å²) in [5, 5.41) is 0. The third-order valence-corrected chi connectivity index (χ3v) is 1.82. The maximum atomic E-state index is 5.45. The molecule has 74 valence electrons. The summed E-state index contributed by atoms with van der Waals surface area (Å²) in [4.78, 5) is 0. The van der Waals surface area contributed by atoms with Crippen molar-refractivity contribution in [2.24, 2.45) is 0 Å². The molecule has 0 atom stereocenters. The van der Waals surface area contributed by atoms with Gasteiger partial charge in [0.2, 0.25) is 0 Å². The van der Waals surface area contributed by atoms with Gasteiger partial charge in [-0.25, -0.2) is 0 Å². The smallest absolute Gasteiger partial charge is 0.161 e. The Kier molecular flexibility index (Phi) is 4.15. The molecule has 3 heteroatoms. The highest BCUT2D eigenvalue weighted by Crippen LogP contribution is 2.26. The Morgan fingerprint density at radius 2 is 1.93 bits per heavy atom. The SMILES string of the molecule is COc1ccc(C#CCCl)cc1OC. The molecule has 0 aliphatic rings. The lowest BCUT2D eigenvalue weighted by molar-refractivity contribution is 0.355. The molecule has 0 radical (unpaired) electrons. The van der Waals surface area contributed by atoms with E-state index in [0.717, 1.165) is 5.56 Å². The quantitative estimate of drug-likeness (QED) is 0.551. The Labute approximate surface area is 88.8 Å². The molecule has 2 nitrogen and oxygen atoms in total. The van der Waals surface area contributed by atoms with E-state index in [4.69, 9.17) is 21.1 Å². The van der Waals surface area contributed by atoms with Gasteiger partial charge in [-0.2, -0.15) is 0 Å². The van der Waals surface area contributed by atoms with Crippen molar-refractivity contribution in [3.05, 3.63) is 23.8 Å². The van der Waals surface area contributed by atoms with Gasteiger partial charge in [-0.3, -0.25) is 0 Å². The first-order valence-electron chi connectivity index (χ1n) is 4.08. The fourth-order valence-corrected chi connectivity index (χ4v) is 1.12. The summed E-state index contributed by atoms with van der Waals surface area (Å²) in [6, 6.07) is 5.50. The number of ether oxygens (including phenoxy) is 2. The predicted octanol–water partition coefficient (Wildman–Crippen LogP) is 2.29. The van der Waals surface area contributed by atoms with Crippen LogP contribution in [-0.4, -0.2) is 20.1 Å². The Hall–Kier alpha value is -1.33. The molecule has 0 fully saturated rings. The van der Waals surface area contributed by atoms with Crippen LogP contribution in [0.1, 0.15) is 5.56 Å². The molecule has 14 heavy (non-hydrogen) atoms. The summed E-state index contributed by atoms with van der Waals surface area (Å²) in [7, 11) is 3.19. The van der Waals surface area contributed by atoms with Gasteiger partial charge in [0.05, 0.1) is 20.1 Å². The standard InChI is InChI=1S/C11H11ClO2/c1-13-10-6-5-9(4-3-7-12)8-11(10)14-2/h5-6,8H,7H2,1-2H3. The molecule has 0 bridgehead atoms. The van der Waals surface area contributed by atoms with Crippen LogP contribution < -0.4 is 9.47 Å². The number of rotatable bonds is 2. The molecule has 1 aromatic rings. The third-order valence-electron chi connectivity index (χ3n) is 1.68. The van der Waals surface area contributed by atoms with Crippen molar-refractivity contribution in [3.8, 4) is 23.3 Å². The fraction of sp³-hybridized carbons (Fsp3) is 0.273. The van der Waals surface area contributed by atoms with Crippen molar-refractivity contribution in [2.75, 3.05) is 20.1 Å². The average molecular weight is 211 g/mol. The molecule has 0 N–H and O–H groups in total. The number of halogens is 1. The van der Waals surface area contributed by atoms with Crippen LogP contribution in [0.5, 0.6) is 11.5 Å². The summed E-state index contributed by atoms with van der Waals surface area (Å²) in [6.45, 7) is 0. The van der Waals surface area contributed by atoms with Gasteiger partial charge in [0.15, 0.2) is 11.5 Å². The molecule has 1 rings (SSSR count). The molecule has 0 amide bonds. The van der Waals surface area contributed by atoms with E-state index in [1.54, 1.807) is 14.2 Å². The Bertz CT molecular complexity index is 363. The predicted molar refractivity (Wildman–Crippen MR) is 57.1 cm³/mol. The number of benzene rings is 1. The molecule has 0 aliphatic heterocycles. The summed E-state index contributed by atoms with van der Waals surface area (Å²) in [5.74, 6) is 7.38. The monoisotopic (exact) mass is 210 g/mol. The molecule has 0 aromatic heterocycles. The molecular weight excluding hydrogens is 200 g/mol.